The third-order valence-corrected chi connectivity index (χ3v) is 6.61. The van der Waals surface area contributed by atoms with E-state index in [1.54, 1.807) is 29.7 Å². The number of carbonyl (C=O) groups is 2. The van der Waals surface area contributed by atoms with Gasteiger partial charge in [0, 0.05) is 41.8 Å². The van der Waals surface area contributed by atoms with Gasteiger partial charge in [-0.3, -0.25) is 14.9 Å². The number of aromatic nitrogens is 3. The number of primary amides is 1. The van der Waals surface area contributed by atoms with Gasteiger partial charge in [0.2, 0.25) is 5.43 Å². The summed E-state index contributed by atoms with van der Waals surface area (Å²) in [5.41, 5.74) is 6.02. The number of thiazole rings is 1. The normalized spacial score (nSPS) is 11.5. The number of hydrogen-bond acceptors (Lipinski definition) is 6. The molecule has 4 rings (SSSR count). The lowest BCUT2D eigenvalue weighted by Gasteiger charge is -2.14. The molecular formula is C25H23F3N6O3S. The molecule has 198 valence electrons. The van der Waals surface area contributed by atoms with Crippen LogP contribution < -0.4 is 21.8 Å². The lowest BCUT2D eigenvalue weighted by molar-refractivity contribution is -0.140. The molecule has 0 atom stereocenters. The highest BCUT2D eigenvalue weighted by atomic mass is 32.1. The smallest absolute Gasteiger partial charge is 0.365 e. The van der Waals surface area contributed by atoms with E-state index in [9.17, 15) is 27.6 Å². The lowest BCUT2D eigenvalue weighted by Crippen LogP contribution is -2.28. The maximum Gasteiger partial charge on any atom is 0.434 e. The summed E-state index contributed by atoms with van der Waals surface area (Å²) in [6, 6.07) is 6.04. The van der Waals surface area contributed by atoms with E-state index in [4.69, 9.17) is 5.73 Å². The van der Waals surface area contributed by atoms with Gasteiger partial charge in [-0.1, -0.05) is 6.07 Å². The summed E-state index contributed by atoms with van der Waals surface area (Å²) in [4.78, 5) is 44.4. The molecule has 0 aliphatic rings. The quantitative estimate of drug-likeness (QED) is 0.318. The summed E-state index contributed by atoms with van der Waals surface area (Å²) in [7, 11) is 0. The Morgan fingerprint density at radius 2 is 1.95 bits per heavy atom. The Morgan fingerprint density at radius 1 is 1.18 bits per heavy atom. The second-order valence-corrected chi connectivity index (χ2v) is 9.16. The van der Waals surface area contributed by atoms with Crippen molar-refractivity contribution in [2.75, 3.05) is 11.9 Å². The Morgan fingerprint density at radius 3 is 2.58 bits per heavy atom. The standard InChI is InChI=1S/C25H23F3N6O3S/c1-3-30-24(37)33-20-9-16(23-32-19(12-38-23)25(26,27)28)14(10-31-20)7-13-5-6-15-18(8-13)34(4-2)11-17(21(15)35)22(29)36/h5-6,8-12H,3-4,7H2,1-2H3,(H2,29,36)(H2,30,31,33,37). The van der Waals surface area contributed by atoms with Crippen LogP contribution in [0.3, 0.4) is 0 Å². The van der Waals surface area contributed by atoms with Gasteiger partial charge in [0.1, 0.15) is 16.4 Å². The summed E-state index contributed by atoms with van der Waals surface area (Å²) < 4.78 is 41.5. The van der Waals surface area contributed by atoms with Crippen LogP contribution in [-0.2, 0) is 19.1 Å². The number of rotatable bonds is 7. The number of nitrogens with two attached hydrogens (primary N) is 1. The zero-order valence-electron chi connectivity index (χ0n) is 20.3. The number of nitrogens with zero attached hydrogens (tertiary/aromatic N) is 3. The number of carbonyl (C=O) groups excluding carboxylic acids is 2. The van der Waals surface area contributed by atoms with Gasteiger partial charge in [0.05, 0.1) is 5.52 Å². The Hall–Kier alpha value is -4.26. The van der Waals surface area contributed by atoms with Gasteiger partial charge in [0.25, 0.3) is 5.91 Å². The first kappa shape index (κ1) is 26.8. The van der Waals surface area contributed by atoms with Crippen LogP contribution in [0.2, 0.25) is 0 Å². The van der Waals surface area contributed by atoms with Crippen molar-refractivity contribution in [3.05, 3.63) is 74.6 Å². The number of hydrogen-bond donors (Lipinski definition) is 3. The molecule has 0 saturated heterocycles. The molecule has 38 heavy (non-hydrogen) atoms. The number of urea groups is 1. The van der Waals surface area contributed by atoms with Crippen molar-refractivity contribution in [3.8, 4) is 10.6 Å². The molecule has 0 aliphatic heterocycles. The molecule has 3 aromatic heterocycles. The molecule has 9 nitrogen and oxygen atoms in total. The van der Waals surface area contributed by atoms with Crippen molar-refractivity contribution in [1.29, 1.82) is 0 Å². The predicted octanol–water partition coefficient (Wildman–Crippen LogP) is 4.39. The van der Waals surface area contributed by atoms with Crippen LogP contribution in [0.1, 0.15) is 41.0 Å². The van der Waals surface area contributed by atoms with Gasteiger partial charge < -0.3 is 15.6 Å². The summed E-state index contributed by atoms with van der Waals surface area (Å²) in [6.07, 6.45) is -1.47. The van der Waals surface area contributed by atoms with Crippen molar-refractivity contribution >= 4 is 40.0 Å². The molecule has 13 heteroatoms. The Balaban J connectivity index is 1.79. The van der Waals surface area contributed by atoms with E-state index in [1.165, 1.54) is 18.5 Å². The summed E-state index contributed by atoms with van der Waals surface area (Å²) >= 11 is 0.831. The van der Waals surface area contributed by atoms with E-state index in [1.807, 2.05) is 6.92 Å². The average Bonchev–Trinajstić information content (AvgIpc) is 3.36. The third kappa shape index (κ3) is 5.52. The molecule has 3 heterocycles. The third-order valence-electron chi connectivity index (χ3n) is 5.74. The molecular weight excluding hydrogens is 521 g/mol. The highest BCUT2D eigenvalue weighted by molar-refractivity contribution is 7.13. The number of fused-ring (bicyclic) bond motifs is 1. The second-order valence-electron chi connectivity index (χ2n) is 8.30. The van der Waals surface area contributed by atoms with E-state index >= 15 is 0 Å². The van der Waals surface area contributed by atoms with Gasteiger partial charge >= 0.3 is 12.2 Å². The van der Waals surface area contributed by atoms with Gasteiger partial charge in [-0.15, -0.1) is 11.3 Å². The fourth-order valence-electron chi connectivity index (χ4n) is 3.94. The van der Waals surface area contributed by atoms with Gasteiger partial charge in [-0.05, 0) is 49.6 Å². The second kappa shape index (κ2) is 10.6. The van der Waals surface area contributed by atoms with Crippen LogP contribution in [0.4, 0.5) is 23.8 Å². The summed E-state index contributed by atoms with van der Waals surface area (Å²) in [5.74, 6) is -0.669. The number of anilines is 1. The maximum absolute atomic E-state index is 13.2. The van der Waals surface area contributed by atoms with E-state index in [0.717, 1.165) is 22.3 Å². The van der Waals surface area contributed by atoms with Gasteiger partial charge in [0.15, 0.2) is 5.69 Å². The number of alkyl halides is 3. The number of pyridine rings is 2. The molecule has 4 N–H and O–H groups in total. The predicted molar refractivity (Wildman–Crippen MR) is 138 cm³/mol. The molecule has 0 bridgehead atoms. The average molecular weight is 545 g/mol. The first-order chi connectivity index (χ1) is 18.0. The molecule has 4 aromatic rings. The highest BCUT2D eigenvalue weighted by Gasteiger charge is 2.34. The minimum Gasteiger partial charge on any atom is -0.365 e. The summed E-state index contributed by atoms with van der Waals surface area (Å²) in [6.45, 7) is 4.44. The number of amides is 3. The maximum atomic E-state index is 13.2. The molecule has 0 unspecified atom stereocenters. The Kier molecular flexibility index (Phi) is 7.49. The van der Waals surface area contributed by atoms with Crippen molar-refractivity contribution < 1.29 is 22.8 Å². The summed E-state index contributed by atoms with van der Waals surface area (Å²) in [5, 5.41) is 6.50. The van der Waals surface area contributed by atoms with Crippen LogP contribution in [0.15, 0.2) is 46.8 Å². The number of nitrogens with one attached hydrogen (secondary N) is 2. The molecule has 0 radical (unpaired) electrons. The van der Waals surface area contributed by atoms with E-state index < -0.39 is 29.2 Å². The van der Waals surface area contributed by atoms with E-state index in [2.05, 4.69) is 20.6 Å². The topological polar surface area (TPSA) is 132 Å². The lowest BCUT2D eigenvalue weighted by atomic mass is 10.00. The highest BCUT2D eigenvalue weighted by Crippen LogP contribution is 2.36. The van der Waals surface area contributed by atoms with Crippen molar-refractivity contribution in [2.45, 2.75) is 33.0 Å². The Bertz CT molecular complexity index is 1600. The zero-order chi connectivity index (χ0) is 27.6. The molecule has 0 spiro atoms. The van der Waals surface area contributed by atoms with Crippen molar-refractivity contribution in [3.63, 3.8) is 0 Å². The van der Waals surface area contributed by atoms with Gasteiger partial charge in [-0.25, -0.2) is 14.8 Å². The van der Waals surface area contributed by atoms with E-state index in [-0.39, 0.29) is 22.8 Å². The zero-order valence-corrected chi connectivity index (χ0v) is 21.2. The van der Waals surface area contributed by atoms with Crippen LogP contribution in [0, 0.1) is 0 Å². The minimum atomic E-state index is -4.60. The van der Waals surface area contributed by atoms with Crippen molar-refractivity contribution in [2.24, 2.45) is 5.73 Å². The SMILES string of the molecule is CCNC(=O)Nc1cc(-c2nc(C(F)(F)F)cs2)c(Cc2ccc3c(=O)c(C(N)=O)cn(CC)c3c2)cn1. The molecule has 3 amide bonds. The monoisotopic (exact) mass is 544 g/mol. The first-order valence-electron chi connectivity index (χ1n) is 11.5. The van der Waals surface area contributed by atoms with Crippen LogP contribution in [0.5, 0.6) is 0 Å². The van der Waals surface area contributed by atoms with E-state index in [0.29, 0.717) is 35.1 Å². The molecule has 0 aliphatic carbocycles. The largest absolute Gasteiger partial charge is 0.434 e. The van der Waals surface area contributed by atoms with Crippen LogP contribution in [-0.4, -0.2) is 33.0 Å². The molecule has 1 aromatic carbocycles. The van der Waals surface area contributed by atoms with Gasteiger partial charge in [-0.2, -0.15) is 13.2 Å². The van der Waals surface area contributed by atoms with Crippen molar-refractivity contribution in [1.82, 2.24) is 19.9 Å². The minimum absolute atomic E-state index is 0.113. The van der Waals surface area contributed by atoms with Crippen LogP contribution in [0.25, 0.3) is 21.5 Å². The first-order valence-corrected chi connectivity index (χ1v) is 12.4. The molecule has 0 fully saturated rings. The molecule has 0 saturated carbocycles. The fourth-order valence-corrected chi connectivity index (χ4v) is 4.82. The number of aryl methyl sites for hydroxylation is 1. The number of benzene rings is 1. The number of halogens is 3. The van der Waals surface area contributed by atoms with Crippen LogP contribution >= 0.6 is 11.3 Å². The fraction of sp³-hybridized carbons (Fsp3) is 0.240. The Labute approximate surface area is 218 Å².